The highest BCUT2D eigenvalue weighted by Gasteiger charge is 2.11. The zero-order chi connectivity index (χ0) is 8.91. The summed E-state index contributed by atoms with van der Waals surface area (Å²) in [6, 6.07) is 0. The van der Waals surface area contributed by atoms with Gasteiger partial charge in [-0.3, -0.25) is 4.18 Å². The number of aliphatic hydroxyl groups is 2. The fraction of sp³-hybridized carbons (Fsp3) is 1.00. The number of hydrogen-bond donors (Lipinski definition) is 3. The van der Waals surface area contributed by atoms with E-state index in [1.165, 1.54) is 0 Å². The molecule has 0 radical (unpaired) electrons. The van der Waals surface area contributed by atoms with Crippen LogP contribution in [0.1, 0.15) is 0 Å². The van der Waals surface area contributed by atoms with E-state index in [2.05, 4.69) is 4.18 Å². The molecule has 0 aliphatic rings. The number of nitrogens with two attached hydrogens (primary N) is 1. The van der Waals surface area contributed by atoms with Crippen LogP contribution in [-0.4, -0.2) is 43.8 Å². The van der Waals surface area contributed by atoms with Crippen LogP contribution in [0.3, 0.4) is 0 Å². The molecule has 68 valence electrons. The van der Waals surface area contributed by atoms with Crippen LogP contribution in [0.15, 0.2) is 0 Å². The summed E-state index contributed by atoms with van der Waals surface area (Å²) < 4.78 is 25.3. The number of rotatable bonds is 5. The van der Waals surface area contributed by atoms with Crippen molar-refractivity contribution in [1.29, 1.82) is 0 Å². The normalized spacial score (nSPS) is 12.4. The highest BCUT2D eigenvalue weighted by Crippen LogP contribution is 1.92. The van der Waals surface area contributed by atoms with E-state index in [4.69, 9.17) is 15.9 Å². The van der Waals surface area contributed by atoms with Crippen molar-refractivity contribution < 1.29 is 22.8 Å². The lowest BCUT2D eigenvalue weighted by Gasteiger charge is -2.04. The zero-order valence-corrected chi connectivity index (χ0v) is 6.62. The van der Waals surface area contributed by atoms with Gasteiger partial charge < -0.3 is 15.9 Å². The van der Waals surface area contributed by atoms with Gasteiger partial charge in [0.2, 0.25) is 0 Å². The van der Waals surface area contributed by atoms with Crippen LogP contribution in [0, 0.1) is 0 Å². The average molecular weight is 185 g/mol. The summed E-state index contributed by atoms with van der Waals surface area (Å²) in [7, 11) is -3.67. The maximum Gasteiger partial charge on any atom is 0.268 e. The highest BCUT2D eigenvalue weighted by atomic mass is 32.2. The monoisotopic (exact) mass is 185 g/mol. The standard InChI is InChI=1S/C4H11NO5S/c5-1-2-11(8,9)10-3-4(6)7/h4,6-7H,1-3,5H2. The molecule has 0 spiro atoms. The van der Waals surface area contributed by atoms with E-state index in [9.17, 15) is 8.42 Å². The SMILES string of the molecule is NCCS(=O)(=O)OCC(O)O. The molecule has 0 unspecified atom stereocenters. The highest BCUT2D eigenvalue weighted by molar-refractivity contribution is 7.86. The van der Waals surface area contributed by atoms with Crippen molar-refractivity contribution in [2.75, 3.05) is 18.9 Å². The van der Waals surface area contributed by atoms with Crippen molar-refractivity contribution in [3.63, 3.8) is 0 Å². The van der Waals surface area contributed by atoms with Gasteiger partial charge in [0.25, 0.3) is 10.1 Å². The molecule has 0 rings (SSSR count). The van der Waals surface area contributed by atoms with Crippen molar-refractivity contribution in [2.45, 2.75) is 6.29 Å². The van der Waals surface area contributed by atoms with Crippen molar-refractivity contribution >= 4 is 10.1 Å². The third-order valence-electron chi connectivity index (χ3n) is 0.765. The second-order valence-electron chi connectivity index (χ2n) is 1.82. The molecule has 0 bridgehead atoms. The third-order valence-corrected chi connectivity index (χ3v) is 2.00. The van der Waals surface area contributed by atoms with Crippen molar-refractivity contribution in [1.82, 2.24) is 0 Å². The van der Waals surface area contributed by atoms with Gasteiger partial charge in [-0.1, -0.05) is 0 Å². The maximum absolute atomic E-state index is 10.6. The molecule has 6 nitrogen and oxygen atoms in total. The average Bonchev–Trinajstić information content (AvgIpc) is 1.84. The molecule has 0 saturated heterocycles. The summed E-state index contributed by atoms with van der Waals surface area (Å²) in [5, 5.41) is 16.4. The van der Waals surface area contributed by atoms with Crippen LogP contribution >= 0.6 is 0 Å². The van der Waals surface area contributed by atoms with Crippen molar-refractivity contribution in [3.8, 4) is 0 Å². The van der Waals surface area contributed by atoms with Crippen LogP contribution in [0.5, 0.6) is 0 Å². The minimum atomic E-state index is -3.67. The van der Waals surface area contributed by atoms with Crippen LogP contribution in [-0.2, 0) is 14.3 Å². The van der Waals surface area contributed by atoms with Crippen LogP contribution in [0.2, 0.25) is 0 Å². The Morgan fingerprint density at radius 3 is 2.36 bits per heavy atom. The number of aliphatic hydroxyl groups excluding tert-OH is 1. The Labute approximate surface area is 64.7 Å². The quantitative estimate of drug-likeness (QED) is 0.325. The molecular weight excluding hydrogens is 174 g/mol. The van der Waals surface area contributed by atoms with Gasteiger partial charge in [-0.2, -0.15) is 8.42 Å². The Kier molecular flexibility index (Phi) is 4.54. The minimum absolute atomic E-state index is 0.0517. The Morgan fingerprint density at radius 2 is 2.00 bits per heavy atom. The summed E-state index contributed by atoms with van der Waals surface area (Å²) >= 11 is 0. The van der Waals surface area contributed by atoms with Crippen molar-refractivity contribution in [2.24, 2.45) is 5.73 Å². The molecule has 0 saturated carbocycles. The predicted octanol–water partition coefficient (Wildman–Crippen LogP) is -2.40. The summed E-state index contributed by atoms with van der Waals surface area (Å²) in [4.78, 5) is 0. The van der Waals surface area contributed by atoms with Gasteiger partial charge in [0.05, 0.1) is 5.75 Å². The largest absolute Gasteiger partial charge is 0.366 e. The fourth-order valence-electron chi connectivity index (χ4n) is 0.368. The first kappa shape index (κ1) is 10.8. The molecular formula is C4H11NO5S. The number of hydrogen-bond acceptors (Lipinski definition) is 6. The van der Waals surface area contributed by atoms with Gasteiger partial charge in [0, 0.05) is 6.54 Å². The van der Waals surface area contributed by atoms with Gasteiger partial charge in [0.1, 0.15) is 6.61 Å². The van der Waals surface area contributed by atoms with E-state index >= 15 is 0 Å². The van der Waals surface area contributed by atoms with Crippen molar-refractivity contribution in [3.05, 3.63) is 0 Å². The molecule has 0 aliphatic heterocycles. The third kappa shape index (κ3) is 6.20. The fourth-order valence-corrected chi connectivity index (χ4v) is 1.10. The van der Waals surface area contributed by atoms with E-state index in [1.54, 1.807) is 0 Å². The summed E-state index contributed by atoms with van der Waals surface area (Å²) in [5.74, 6) is -0.320. The Morgan fingerprint density at radius 1 is 1.45 bits per heavy atom. The lowest BCUT2D eigenvalue weighted by atomic mass is 10.7. The first-order valence-corrected chi connectivity index (χ1v) is 4.49. The molecule has 0 amide bonds. The van der Waals surface area contributed by atoms with Gasteiger partial charge in [-0.05, 0) is 0 Å². The van der Waals surface area contributed by atoms with Gasteiger partial charge in [-0.15, -0.1) is 0 Å². The molecule has 0 aromatic heterocycles. The molecule has 0 fully saturated rings. The van der Waals surface area contributed by atoms with E-state index in [0.717, 1.165) is 0 Å². The second-order valence-corrected chi connectivity index (χ2v) is 3.57. The minimum Gasteiger partial charge on any atom is -0.366 e. The van der Waals surface area contributed by atoms with Crippen LogP contribution < -0.4 is 5.73 Å². The van der Waals surface area contributed by atoms with Gasteiger partial charge >= 0.3 is 0 Å². The molecule has 0 aromatic rings. The molecule has 4 N–H and O–H groups in total. The maximum atomic E-state index is 10.6. The summed E-state index contributed by atoms with van der Waals surface area (Å²) in [6.45, 7) is -0.702. The lowest BCUT2D eigenvalue weighted by Crippen LogP contribution is -2.23. The van der Waals surface area contributed by atoms with Gasteiger partial charge in [0.15, 0.2) is 6.29 Å². The second kappa shape index (κ2) is 4.62. The first-order chi connectivity index (χ1) is 4.98. The Balaban J connectivity index is 3.74. The Hall–Kier alpha value is -0.210. The first-order valence-electron chi connectivity index (χ1n) is 2.91. The summed E-state index contributed by atoms with van der Waals surface area (Å²) in [6.07, 6.45) is -1.78. The van der Waals surface area contributed by atoms with E-state index in [-0.39, 0.29) is 12.3 Å². The van der Waals surface area contributed by atoms with E-state index < -0.39 is 23.0 Å². The molecule has 0 aliphatic carbocycles. The molecule has 11 heavy (non-hydrogen) atoms. The smallest absolute Gasteiger partial charge is 0.268 e. The Bertz CT molecular complexity index is 187. The lowest BCUT2D eigenvalue weighted by molar-refractivity contribution is -0.0668. The van der Waals surface area contributed by atoms with Crippen LogP contribution in [0.4, 0.5) is 0 Å². The molecule has 0 atom stereocenters. The van der Waals surface area contributed by atoms with E-state index in [0.29, 0.717) is 0 Å². The van der Waals surface area contributed by atoms with Crippen LogP contribution in [0.25, 0.3) is 0 Å². The zero-order valence-electron chi connectivity index (χ0n) is 5.80. The predicted molar refractivity (Wildman–Crippen MR) is 37.0 cm³/mol. The molecule has 7 heteroatoms. The summed E-state index contributed by atoms with van der Waals surface area (Å²) in [5.41, 5.74) is 4.94. The molecule has 0 aromatic carbocycles. The molecule has 0 heterocycles. The van der Waals surface area contributed by atoms with E-state index in [1.807, 2.05) is 0 Å². The van der Waals surface area contributed by atoms with Gasteiger partial charge in [-0.25, -0.2) is 0 Å². The topological polar surface area (TPSA) is 110 Å².